The van der Waals surface area contributed by atoms with E-state index in [0.29, 0.717) is 6.54 Å². The molecule has 0 aromatic carbocycles. The Balaban J connectivity index is 1.92. The first-order chi connectivity index (χ1) is 8.81. The number of rotatable bonds is 4. The minimum atomic E-state index is 0.533. The van der Waals surface area contributed by atoms with Crippen LogP contribution in [0.15, 0.2) is 18.3 Å². The fourth-order valence-electron chi connectivity index (χ4n) is 2.79. The molecule has 1 aliphatic heterocycles. The lowest BCUT2D eigenvalue weighted by atomic mass is 9.98. The van der Waals surface area contributed by atoms with Crippen molar-refractivity contribution in [3.05, 3.63) is 29.6 Å². The highest BCUT2D eigenvalue weighted by Crippen LogP contribution is 2.21. The van der Waals surface area contributed by atoms with Crippen molar-refractivity contribution in [1.29, 1.82) is 0 Å². The summed E-state index contributed by atoms with van der Waals surface area (Å²) in [6.45, 7) is 6.37. The summed E-state index contributed by atoms with van der Waals surface area (Å²) in [7, 11) is 0. The van der Waals surface area contributed by atoms with Gasteiger partial charge in [-0.15, -0.1) is 0 Å². The summed E-state index contributed by atoms with van der Waals surface area (Å²) in [6.07, 6.45) is 7.31. The Hall–Kier alpha value is -0.930. The van der Waals surface area contributed by atoms with Gasteiger partial charge in [0.15, 0.2) is 0 Å². The zero-order valence-electron chi connectivity index (χ0n) is 11.4. The third-order valence-corrected chi connectivity index (χ3v) is 4.01. The first-order valence-electron chi connectivity index (χ1n) is 7.18. The molecular weight excluding hydrogens is 222 g/mol. The quantitative estimate of drug-likeness (QED) is 0.889. The molecule has 0 bridgehead atoms. The van der Waals surface area contributed by atoms with Crippen molar-refractivity contribution in [3.63, 3.8) is 0 Å². The Morgan fingerprint density at radius 2 is 2.28 bits per heavy atom. The molecule has 1 saturated heterocycles. The Kier molecular flexibility index (Phi) is 5.14. The van der Waals surface area contributed by atoms with Crippen molar-refractivity contribution in [2.75, 3.05) is 13.1 Å². The summed E-state index contributed by atoms with van der Waals surface area (Å²) < 4.78 is 0. The molecule has 3 nitrogen and oxygen atoms in total. The van der Waals surface area contributed by atoms with E-state index in [1.54, 1.807) is 0 Å². The van der Waals surface area contributed by atoms with Crippen LogP contribution in [-0.4, -0.2) is 23.0 Å². The number of likely N-dealkylation sites (tertiary alicyclic amines) is 1. The van der Waals surface area contributed by atoms with Crippen LogP contribution >= 0.6 is 0 Å². The molecule has 3 heteroatoms. The molecule has 1 aliphatic rings. The lowest BCUT2D eigenvalue weighted by Crippen LogP contribution is -2.24. The molecule has 0 saturated carbocycles. The first kappa shape index (κ1) is 13.5. The first-order valence-corrected chi connectivity index (χ1v) is 7.18. The predicted octanol–water partition coefficient (Wildman–Crippen LogP) is 2.55. The number of pyridine rings is 1. The molecule has 0 aliphatic carbocycles. The van der Waals surface area contributed by atoms with Crippen LogP contribution in [0.3, 0.4) is 0 Å². The van der Waals surface area contributed by atoms with Gasteiger partial charge in [0.2, 0.25) is 0 Å². The molecular formula is C15H25N3. The standard InChI is InChI=1S/C15H25N3/c1-2-13-4-3-8-18(9-6-13)12-14-5-7-17-15(10-14)11-16/h5,7,10,13H,2-4,6,8-9,11-12,16H2,1H3. The third kappa shape index (κ3) is 3.79. The van der Waals surface area contributed by atoms with E-state index in [1.165, 1.54) is 44.3 Å². The molecule has 2 N–H and O–H groups in total. The number of hydrogen-bond donors (Lipinski definition) is 1. The monoisotopic (exact) mass is 247 g/mol. The van der Waals surface area contributed by atoms with Crippen LogP contribution in [0.4, 0.5) is 0 Å². The van der Waals surface area contributed by atoms with Crippen molar-refractivity contribution in [2.45, 2.75) is 45.7 Å². The lowest BCUT2D eigenvalue weighted by molar-refractivity contribution is 0.272. The second kappa shape index (κ2) is 6.86. The van der Waals surface area contributed by atoms with Gasteiger partial charge in [0.25, 0.3) is 0 Å². The van der Waals surface area contributed by atoms with Crippen LogP contribution in [0, 0.1) is 5.92 Å². The molecule has 1 aromatic rings. The minimum absolute atomic E-state index is 0.533. The summed E-state index contributed by atoms with van der Waals surface area (Å²) in [5.74, 6) is 0.937. The van der Waals surface area contributed by atoms with E-state index in [1.807, 2.05) is 6.20 Å². The second-order valence-corrected chi connectivity index (χ2v) is 5.34. The minimum Gasteiger partial charge on any atom is -0.325 e. The van der Waals surface area contributed by atoms with Gasteiger partial charge in [-0.3, -0.25) is 9.88 Å². The van der Waals surface area contributed by atoms with Gasteiger partial charge >= 0.3 is 0 Å². The van der Waals surface area contributed by atoms with Crippen molar-refractivity contribution in [1.82, 2.24) is 9.88 Å². The third-order valence-electron chi connectivity index (χ3n) is 4.01. The molecule has 2 rings (SSSR count). The van der Waals surface area contributed by atoms with Crippen molar-refractivity contribution in [2.24, 2.45) is 11.7 Å². The van der Waals surface area contributed by atoms with E-state index in [4.69, 9.17) is 5.73 Å². The summed E-state index contributed by atoms with van der Waals surface area (Å²) in [5.41, 5.74) is 7.98. The second-order valence-electron chi connectivity index (χ2n) is 5.34. The molecule has 18 heavy (non-hydrogen) atoms. The fraction of sp³-hybridized carbons (Fsp3) is 0.667. The van der Waals surface area contributed by atoms with Crippen LogP contribution in [0.5, 0.6) is 0 Å². The van der Waals surface area contributed by atoms with E-state index < -0.39 is 0 Å². The van der Waals surface area contributed by atoms with E-state index in [0.717, 1.165) is 18.2 Å². The van der Waals surface area contributed by atoms with Gasteiger partial charge in [0, 0.05) is 19.3 Å². The van der Waals surface area contributed by atoms with Crippen LogP contribution < -0.4 is 5.73 Å². The maximum Gasteiger partial charge on any atom is 0.0542 e. The SMILES string of the molecule is CCC1CCCN(Cc2ccnc(CN)c2)CC1. The normalized spacial score (nSPS) is 21.8. The number of aromatic nitrogens is 1. The Labute approximate surface area is 110 Å². The topological polar surface area (TPSA) is 42.2 Å². The van der Waals surface area contributed by atoms with E-state index in [2.05, 4.69) is 28.9 Å². The highest BCUT2D eigenvalue weighted by atomic mass is 15.1. The van der Waals surface area contributed by atoms with Gasteiger partial charge in [0.1, 0.15) is 0 Å². The van der Waals surface area contributed by atoms with Gasteiger partial charge < -0.3 is 5.73 Å². The van der Waals surface area contributed by atoms with Crippen LogP contribution in [0.1, 0.15) is 43.9 Å². The summed E-state index contributed by atoms with van der Waals surface area (Å²) >= 11 is 0. The van der Waals surface area contributed by atoms with Crippen molar-refractivity contribution in [3.8, 4) is 0 Å². The van der Waals surface area contributed by atoms with Gasteiger partial charge in [-0.25, -0.2) is 0 Å². The molecule has 2 heterocycles. The average molecular weight is 247 g/mol. The van der Waals surface area contributed by atoms with Gasteiger partial charge in [-0.2, -0.15) is 0 Å². The molecule has 1 unspecified atom stereocenters. The summed E-state index contributed by atoms with van der Waals surface area (Å²) in [4.78, 5) is 6.83. The molecule has 0 spiro atoms. The van der Waals surface area contributed by atoms with Gasteiger partial charge in [0.05, 0.1) is 5.69 Å². The molecule has 1 aromatic heterocycles. The zero-order valence-corrected chi connectivity index (χ0v) is 11.4. The zero-order chi connectivity index (χ0) is 12.8. The lowest BCUT2D eigenvalue weighted by Gasteiger charge is -2.20. The van der Waals surface area contributed by atoms with Gasteiger partial charge in [-0.05, 0) is 56.0 Å². The highest BCUT2D eigenvalue weighted by molar-refractivity contribution is 5.16. The Morgan fingerprint density at radius 1 is 1.39 bits per heavy atom. The van der Waals surface area contributed by atoms with Crippen LogP contribution in [0.2, 0.25) is 0 Å². The summed E-state index contributed by atoms with van der Waals surface area (Å²) in [6, 6.07) is 4.25. The highest BCUT2D eigenvalue weighted by Gasteiger charge is 2.15. The molecule has 1 atom stereocenters. The van der Waals surface area contributed by atoms with E-state index in [-0.39, 0.29) is 0 Å². The Bertz CT molecular complexity index is 365. The van der Waals surface area contributed by atoms with Crippen LogP contribution in [-0.2, 0) is 13.1 Å². The maximum absolute atomic E-state index is 5.64. The average Bonchev–Trinajstić information content (AvgIpc) is 2.64. The smallest absolute Gasteiger partial charge is 0.0542 e. The molecule has 1 fully saturated rings. The van der Waals surface area contributed by atoms with Crippen LogP contribution in [0.25, 0.3) is 0 Å². The van der Waals surface area contributed by atoms with E-state index in [9.17, 15) is 0 Å². The Morgan fingerprint density at radius 3 is 3.06 bits per heavy atom. The van der Waals surface area contributed by atoms with Crippen molar-refractivity contribution >= 4 is 0 Å². The number of nitrogens with two attached hydrogens (primary N) is 1. The molecule has 100 valence electrons. The molecule has 0 radical (unpaired) electrons. The van der Waals surface area contributed by atoms with Gasteiger partial charge in [-0.1, -0.05) is 13.3 Å². The predicted molar refractivity (Wildman–Crippen MR) is 75.0 cm³/mol. The molecule has 0 amide bonds. The van der Waals surface area contributed by atoms with Crippen molar-refractivity contribution < 1.29 is 0 Å². The maximum atomic E-state index is 5.64. The summed E-state index contributed by atoms with van der Waals surface area (Å²) in [5, 5.41) is 0. The van der Waals surface area contributed by atoms with E-state index >= 15 is 0 Å². The number of nitrogens with zero attached hydrogens (tertiary/aromatic N) is 2. The fourth-order valence-corrected chi connectivity index (χ4v) is 2.79. The largest absolute Gasteiger partial charge is 0.325 e. The number of hydrogen-bond acceptors (Lipinski definition) is 3.